The fraction of sp³-hybridized carbons (Fsp3) is 0.455. The summed E-state index contributed by atoms with van der Waals surface area (Å²) >= 11 is 0. The Morgan fingerprint density at radius 2 is 2.07 bits per heavy atom. The third kappa shape index (κ3) is 4.18. The van der Waals surface area contributed by atoms with Gasteiger partial charge in [0.05, 0.1) is 23.9 Å². The van der Waals surface area contributed by atoms with Crippen LogP contribution < -0.4 is 4.90 Å². The molecule has 1 aliphatic heterocycles. The smallest absolute Gasteiger partial charge is 0.150 e. The lowest BCUT2D eigenvalue weighted by Crippen LogP contribution is -2.39. The molecule has 0 saturated carbocycles. The second-order valence-electron chi connectivity index (χ2n) is 8.02. The minimum atomic E-state index is -0.285. The van der Waals surface area contributed by atoms with E-state index in [0.29, 0.717) is 13.1 Å². The van der Waals surface area contributed by atoms with E-state index in [4.69, 9.17) is 9.51 Å². The number of hydrogen-bond acceptors (Lipinski definition) is 6. The maximum absolute atomic E-state index is 10.2. The van der Waals surface area contributed by atoms with E-state index < -0.39 is 0 Å². The summed E-state index contributed by atoms with van der Waals surface area (Å²) in [5, 5.41) is 15.3. The Morgan fingerprint density at radius 1 is 1.21 bits per heavy atom. The van der Waals surface area contributed by atoms with Crippen LogP contribution in [0.25, 0.3) is 10.9 Å². The summed E-state index contributed by atoms with van der Waals surface area (Å²) < 4.78 is 5.37. The van der Waals surface area contributed by atoms with Crippen molar-refractivity contribution >= 4 is 16.7 Å². The Balaban J connectivity index is 1.66. The second-order valence-corrected chi connectivity index (χ2v) is 8.02. The van der Waals surface area contributed by atoms with Crippen LogP contribution in [0, 0.1) is 13.8 Å². The van der Waals surface area contributed by atoms with Gasteiger partial charge in [0.15, 0.2) is 5.76 Å². The molecule has 4 rings (SSSR count). The van der Waals surface area contributed by atoms with Crippen molar-refractivity contribution in [1.29, 1.82) is 0 Å². The number of pyridine rings is 1. The van der Waals surface area contributed by atoms with Gasteiger partial charge in [-0.1, -0.05) is 16.8 Å². The number of benzene rings is 1. The molecule has 0 spiro atoms. The van der Waals surface area contributed by atoms with Gasteiger partial charge in [-0.2, -0.15) is 0 Å². The van der Waals surface area contributed by atoms with E-state index in [1.165, 1.54) is 11.1 Å². The van der Waals surface area contributed by atoms with Crippen molar-refractivity contribution < 1.29 is 9.63 Å². The molecule has 2 aromatic heterocycles. The van der Waals surface area contributed by atoms with Crippen LogP contribution in [0.3, 0.4) is 0 Å². The lowest BCUT2D eigenvalue weighted by atomic mass is 10.1. The Hall–Kier alpha value is -2.44. The number of piperidine rings is 1. The van der Waals surface area contributed by atoms with E-state index in [9.17, 15) is 5.11 Å². The molecule has 1 fully saturated rings. The maximum Gasteiger partial charge on any atom is 0.150 e. The van der Waals surface area contributed by atoms with Crippen LogP contribution in [0.2, 0.25) is 0 Å². The fourth-order valence-electron chi connectivity index (χ4n) is 3.97. The topological polar surface area (TPSA) is 65.6 Å². The Bertz CT molecular complexity index is 968. The Kier molecular flexibility index (Phi) is 5.33. The number of nitrogens with zero attached hydrogens (tertiary/aromatic N) is 4. The van der Waals surface area contributed by atoms with Gasteiger partial charge in [0.1, 0.15) is 5.82 Å². The molecule has 0 aliphatic carbocycles. The van der Waals surface area contributed by atoms with Gasteiger partial charge in [-0.3, -0.25) is 4.90 Å². The number of aryl methyl sites for hydroxylation is 2. The molecule has 28 heavy (non-hydrogen) atoms. The molecule has 1 aromatic carbocycles. The normalized spacial score (nSPS) is 17.6. The number of fused-ring (bicyclic) bond motifs is 1. The number of anilines is 1. The molecule has 3 aromatic rings. The zero-order valence-corrected chi connectivity index (χ0v) is 16.9. The number of hydrogen-bond donors (Lipinski definition) is 1. The Morgan fingerprint density at radius 3 is 2.82 bits per heavy atom. The van der Waals surface area contributed by atoms with Crippen LogP contribution >= 0.6 is 0 Å². The molecule has 1 aliphatic rings. The molecule has 6 nitrogen and oxygen atoms in total. The summed E-state index contributed by atoms with van der Waals surface area (Å²) in [4.78, 5) is 9.43. The van der Waals surface area contributed by atoms with E-state index in [2.05, 4.69) is 53.2 Å². The lowest BCUT2D eigenvalue weighted by Gasteiger charge is -2.33. The molecule has 0 radical (unpaired) electrons. The van der Waals surface area contributed by atoms with Crippen molar-refractivity contribution in [2.75, 3.05) is 25.0 Å². The molecule has 0 amide bonds. The SMILES string of the molecule is Cc1ccc2nc(N3CCC[C@H](O)C3)c(CN(C)Cc3cc(C)no3)cc2c1. The first-order chi connectivity index (χ1) is 13.5. The monoisotopic (exact) mass is 380 g/mol. The van der Waals surface area contributed by atoms with Gasteiger partial charge >= 0.3 is 0 Å². The van der Waals surface area contributed by atoms with Gasteiger partial charge in [0.2, 0.25) is 0 Å². The van der Waals surface area contributed by atoms with E-state index in [1.54, 1.807) is 0 Å². The highest BCUT2D eigenvalue weighted by atomic mass is 16.5. The largest absolute Gasteiger partial charge is 0.391 e. The average Bonchev–Trinajstić information content (AvgIpc) is 3.05. The van der Waals surface area contributed by atoms with E-state index >= 15 is 0 Å². The van der Waals surface area contributed by atoms with Gasteiger partial charge in [0.25, 0.3) is 0 Å². The summed E-state index contributed by atoms with van der Waals surface area (Å²) in [5.74, 6) is 1.84. The first-order valence-corrected chi connectivity index (χ1v) is 9.92. The quantitative estimate of drug-likeness (QED) is 0.732. The summed E-state index contributed by atoms with van der Waals surface area (Å²) in [7, 11) is 2.08. The first-order valence-electron chi connectivity index (χ1n) is 9.92. The van der Waals surface area contributed by atoms with Gasteiger partial charge in [-0.15, -0.1) is 0 Å². The molecule has 1 saturated heterocycles. The third-order valence-corrected chi connectivity index (χ3v) is 5.27. The van der Waals surface area contributed by atoms with Gasteiger partial charge in [0, 0.05) is 36.7 Å². The van der Waals surface area contributed by atoms with Crippen LogP contribution in [0.1, 0.15) is 35.4 Å². The van der Waals surface area contributed by atoms with Crippen molar-refractivity contribution in [1.82, 2.24) is 15.0 Å². The zero-order chi connectivity index (χ0) is 19.7. The Labute approximate surface area is 165 Å². The fourth-order valence-corrected chi connectivity index (χ4v) is 3.97. The van der Waals surface area contributed by atoms with Gasteiger partial charge < -0.3 is 14.5 Å². The van der Waals surface area contributed by atoms with Crippen LogP contribution in [0.15, 0.2) is 34.9 Å². The molecule has 0 bridgehead atoms. The number of rotatable bonds is 5. The molecule has 6 heteroatoms. The summed E-state index contributed by atoms with van der Waals surface area (Å²) in [6, 6.07) is 10.6. The van der Waals surface area contributed by atoms with Gasteiger partial charge in [-0.25, -0.2) is 4.98 Å². The van der Waals surface area contributed by atoms with Gasteiger partial charge in [-0.05, 0) is 51.9 Å². The van der Waals surface area contributed by atoms with Crippen molar-refractivity contribution in [3.05, 3.63) is 52.9 Å². The van der Waals surface area contributed by atoms with Crippen LogP contribution in [-0.4, -0.2) is 46.4 Å². The standard InChI is InChI=1S/C22H28N4O2/c1-15-6-7-21-17(9-15)11-18(12-25(3)14-20-10-16(2)24-28-20)22(23-21)26-8-4-5-19(27)13-26/h6-7,9-11,19,27H,4-5,8,12-14H2,1-3H3/t19-/m0/s1. The minimum absolute atomic E-state index is 0.285. The first kappa shape index (κ1) is 18.9. The third-order valence-electron chi connectivity index (χ3n) is 5.27. The summed E-state index contributed by atoms with van der Waals surface area (Å²) in [6.45, 7) is 7.05. The van der Waals surface area contributed by atoms with Crippen molar-refractivity contribution in [2.24, 2.45) is 0 Å². The highest BCUT2D eigenvalue weighted by molar-refractivity contribution is 5.82. The summed E-state index contributed by atoms with van der Waals surface area (Å²) in [5.41, 5.74) is 4.30. The minimum Gasteiger partial charge on any atom is -0.391 e. The van der Waals surface area contributed by atoms with Crippen molar-refractivity contribution in [3.8, 4) is 0 Å². The number of aromatic nitrogens is 2. The van der Waals surface area contributed by atoms with Crippen LogP contribution in [0.4, 0.5) is 5.82 Å². The van der Waals surface area contributed by atoms with E-state index in [-0.39, 0.29) is 6.10 Å². The predicted molar refractivity (Wildman–Crippen MR) is 110 cm³/mol. The molecule has 1 atom stereocenters. The average molecular weight is 380 g/mol. The van der Waals surface area contributed by atoms with Crippen molar-refractivity contribution in [2.45, 2.75) is 45.9 Å². The van der Waals surface area contributed by atoms with E-state index in [0.717, 1.165) is 54.1 Å². The van der Waals surface area contributed by atoms with Crippen molar-refractivity contribution in [3.63, 3.8) is 0 Å². The van der Waals surface area contributed by atoms with E-state index in [1.807, 2.05) is 13.0 Å². The number of β-amino-alcohol motifs (C(OH)–C–C–N with tert-alkyl or cyclic N) is 1. The lowest BCUT2D eigenvalue weighted by molar-refractivity contribution is 0.153. The summed E-state index contributed by atoms with van der Waals surface area (Å²) in [6.07, 6.45) is 1.57. The van der Waals surface area contributed by atoms with Crippen LogP contribution in [0.5, 0.6) is 0 Å². The molecule has 1 N–H and O–H groups in total. The molecular weight excluding hydrogens is 352 g/mol. The van der Waals surface area contributed by atoms with Crippen LogP contribution in [-0.2, 0) is 13.1 Å². The molecule has 3 heterocycles. The predicted octanol–water partition coefficient (Wildman–Crippen LogP) is 3.43. The highest BCUT2D eigenvalue weighted by Gasteiger charge is 2.22. The maximum atomic E-state index is 10.2. The molecule has 148 valence electrons. The number of aliphatic hydroxyl groups is 1. The molecular formula is C22H28N4O2. The number of aliphatic hydroxyl groups excluding tert-OH is 1. The molecule has 0 unspecified atom stereocenters. The zero-order valence-electron chi connectivity index (χ0n) is 16.9. The second kappa shape index (κ2) is 7.89. The highest BCUT2D eigenvalue weighted by Crippen LogP contribution is 2.28.